The van der Waals surface area contributed by atoms with Crippen LogP contribution in [0.15, 0.2) is 60.9 Å². The molecular formula is C20H17F3N4O. The lowest BCUT2D eigenvalue weighted by Gasteiger charge is -2.14. The molecule has 0 saturated carbocycles. The summed E-state index contributed by atoms with van der Waals surface area (Å²) in [5, 5.41) is 5.35. The van der Waals surface area contributed by atoms with Crippen LogP contribution >= 0.6 is 0 Å². The summed E-state index contributed by atoms with van der Waals surface area (Å²) in [5.41, 5.74) is 0.762. The highest BCUT2D eigenvalue weighted by Gasteiger charge is 2.33. The van der Waals surface area contributed by atoms with Crippen molar-refractivity contribution in [1.29, 1.82) is 0 Å². The van der Waals surface area contributed by atoms with Crippen LogP contribution < -0.4 is 10.6 Å². The summed E-state index contributed by atoms with van der Waals surface area (Å²) >= 11 is 0. The van der Waals surface area contributed by atoms with Crippen molar-refractivity contribution in [3.05, 3.63) is 77.7 Å². The zero-order valence-corrected chi connectivity index (χ0v) is 14.9. The van der Waals surface area contributed by atoms with Gasteiger partial charge in [0.25, 0.3) is 5.91 Å². The van der Waals surface area contributed by atoms with E-state index in [2.05, 4.69) is 20.6 Å². The van der Waals surface area contributed by atoms with Gasteiger partial charge in [0.05, 0.1) is 23.6 Å². The molecule has 0 spiro atoms. The topological polar surface area (TPSA) is 66.9 Å². The van der Waals surface area contributed by atoms with Gasteiger partial charge < -0.3 is 10.6 Å². The van der Waals surface area contributed by atoms with Crippen LogP contribution in [0.25, 0.3) is 0 Å². The SMILES string of the molecule is CCc1ccccc1NC(=O)c1cnc(Nc2ccccc2C(F)(F)F)cn1. The molecule has 3 rings (SSSR count). The van der Waals surface area contributed by atoms with Gasteiger partial charge in [0.1, 0.15) is 11.5 Å². The first-order valence-corrected chi connectivity index (χ1v) is 8.53. The van der Waals surface area contributed by atoms with Crippen molar-refractivity contribution in [2.24, 2.45) is 0 Å². The van der Waals surface area contributed by atoms with Gasteiger partial charge in [0, 0.05) is 5.69 Å². The molecule has 3 aromatic rings. The third-order valence-electron chi connectivity index (χ3n) is 4.03. The number of aryl methyl sites for hydroxylation is 1. The fraction of sp³-hybridized carbons (Fsp3) is 0.150. The van der Waals surface area contributed by atoms with E-state index >= 15 is 0 Å². The molecule has 0 saturated heterocycles. The van der Waals surface area contributed by atoms with Crippen LogP contribution in [0, 0.1) is 0 Å². The Balaban J connectivity index is 1.75. The number of aromatic nitrogens is 2. The molecule has 0 fully saturated rings. The second-order valence-electron chi connectivity index (χ2n) is 5.92. The van der Waals surface area contributed by atoms with E-state index in [9.17, 15) is 18.0 Å². The van der Waals surface area contributed by atoms with Crippen molar-refractivity contribution in [3.8, 4) is 0 Å². The van der Waals surface area contributed by atoms with Gasteiger partial charge in [-0.15, -0.1) is 0 Å². The third-order valence-corrected chi connectivity index (χ3v) is 4.03. The molecule has 0 aliphatic rings. The van der Waals surface area contributed by atoms with Crippen molar-refractivity contribution in [2.45, 2.75) is 19.5 Å². The normalized spacial score (nSPS) is 11.1. The maximum absolute atomic E-state index is 13.1. The second-order valence-corrected chi connectivity index (χ2v) is 5.92. The third kappa shape index (κ3) is 4.46. The standard InChI is InChI=1S/C20H17F3N4O/c1-2-13-7-3-5-9-15(13)27-19(28)17-11-25-18(12-24-17)26-16-10-6-4-8-14(16)20(21,22)23/h3-12H,2H2,1H3,(H,25,26)(H,27,28). The minimum atomic E-state index is -4.50. The first kappa shape index (κ1) is 19.3. The lowest BCUT2D eigenvalue weighted by molar-refractivity contribution is -0.136. The smallest absolute Gasteiger partial charge is 0.338 e. The number of carbonyl (C=O) groups excluding carboxylic acids is 1. The van der Waals surface area contributed by atoms with Crippen molar-refractivity contribution >= 4 is 23.1 Å². The maximum Gasteiger partial charge on any atom is 0.418 e. The molecule has 28 heavy (non-hydrogen) atoms. The number of nitrogens with one attached hydrogen (secondary N) is 2. The van der Waals surface area contributed by atoms with E-state index in [1.807, 2.05) is 25.1 Å². The van der Waals surface area contributed by atoms with Gasteiger partial charge in [0.2, 0.25) is 0 Å². The molecule has 1 heterocycles. The van der Waals surface area contributed by atoms with Crippen LogP contribution in [0.5, 0.6) is 0 Å². The van der Waals surface area contributed by atoms with E-state index in [1.165, 1.54) is 30.6 Å². The molecule has 0 unspecified atom stereocenters. The Bertz CT molecular complexity index is 972. The van der Waals surface area contributed by atoms with Crippen LogP contribution in [0.3, 0.4) is 0 Å². The Labute approximate surface area is 159 Å². The van der Waals surface area contributed by atoms with Crippen LogP contribution in [0.1, 0.15) is 28.5 Å². The number of hydrogen-bond donors (Lipinski definition) is 2. The van der Waals surface area contributed by atoms with Crippen molar-refractivity contribution < 1.29 is 18.0 Å². The monoisotopic (exact) mass is 386 g/mol. The Morgan fingerprint density at radius 2 is 1.64 bits per heavy atom. The number of nitrogens with zero attached hydrogens (tertiary/aromatic N) is 2. The number of carbonyl (C=O) groups is 1. The second kappa shape index (κ2) is 8.08. The van der Waals surface area contributed by atoms with Crippen LogP contribution in [0.2, 0.25) is 0 Å². The van der Waals surface area contributed by atoms with Gasteiger partial charge in [-0.2, -0.15) is 13.2 Å². The van der Waals surface area contributed by atoms with Gasteiger partial charge in [-0.05, 0) is 30.2 Å². The van der Waals surface area contributed by atoms with E-state index < -0.39 is 17.6 Å². The molecule has 144 valence electrons. The number of halogens is 3. The minimum Gasteiger partial charge on any atom is -0.338 e. The number of hydrogen-bond acceptors (Lipinski definition) is 4. The van der Waals surface area contributed by atoms with E-state index in [-0.39, 0.29) is 17.2 Å². The van der Waals surface area contributed by atoms with Gasteiger partial charge in [-0.25, -0.2) is 9.97 Å². The number of rotatable bonds is 5. The van der Waals surface area contributed by atoms with E-state index in [0.717, 1.165) is 18.1 Å². The molecule has 0 atom stereocenters. The molecular weight excluding hydrogens is 369 g/mol. The van der Waals surface area contributed by atoms with E-state index in [0.29, 0.717) is 5.69 Å². The summed E-state index contributed by atoms with van der Waals surface area (Å²) in [4.78, 5) is 20.4. The molecule has 0 aliphatic carbocycles. The minimum absolute atomic E-state index is 0.0561. The lowest BCUT2D eigenvalue weighted by atomic mass is 10.1. The van der Waals surface area contributed by atoms with E-state index in [1.54, 1.807) is 6.07 Å². The summed E-state index contributed by atoms with van der Waals surface area (Å²) in [6.07, 6.45) is -1.32. The average molecular weight is 386 g/mol. The first-order chi connectivity index (χ1) is 13.4. The van der Waals surface area contributed by atoms with Crippen molar-refractivity contribution in [3.63, 3.8) is 0 Å². The fourth-order valence-corrected chi connectivity index (χ4v) is 2.62. The quantitative estimate of drug-likeness (QED) is 0.644. The zero-order chi connectivity index (χ0) is 20.1. The number of amides is 1. The molecule has 1 amide bonds. The molecule has 0 radical (unpaired) electrons. The van der Waals surface area contributed by atoms with E-state index in [4.69, 9.17) is 0 Å². The molecule has 2 aromatic carbocycles. The Morgan fingerprint density at radius 3 is 2.29 bits per heavy atom. The maximum atomic E-state index is 13.1. The van der Waals surface area contributed by atoms with Gasteiger partial charge >= 0.3 is 6.18 Å². The summed E-state index contributed by atoms with van der Waals surface area (Å²) in [6.45, 7) is 1.98. The highest BCUT2D eigenvalue weighted by molar-refractivity contribution is 6.03. The number of para-hydroxylation sites is 2. The molecule has 0 aliphatic heterocycles. The molecule has 0 bridgehead atoms. The molecule has 5 nitrogen and oxygen atoms in total. The van der Waals surface area contributed by atoms with Crippen LogP contribution in [-0.2, 0) is 12.6 Å². The fourth-order valence-electron chi connectivity index (χ4n) is 2.62. The Kier molecular flexibility index (Phi) is 5.58. The lowest BCUT2D eigenvalue weighted by Crippen LogP contribution is -2.15. The summed E-state index contributed by atoms with van der Waals surface area (Å²) in [5.74, 6) is -0.349. The van der Waals surface area contributed by atoms with Gasteiger partial charge in [0.15, 0.2) is 0 Å². The van der Waals surface area contributed by atoms with Gasteiger partial charge in [-0.3, -0.25) is 4.79 Å². The summed E-state index contributed by atoms with van der Waals surface area (Å²) in [7, 11) is 0. The number of anilines is 3. The Morgan fingerprint density at radius 1 is 0.964 bits per heavy atom. The van der Waals surface area contributed by atoms with Crippen LogP contribution in [0.4, 0.5) is 30.4 Å². The predicted molar refractivity (Wildman–Crippen MR) is 101 cm³/mol. The molecule has 2 N–H and O–H groups in total. The average Bonchev–Trinajstić information content (AvgIpc) is 2.68. The molecule has 1 aromatic heterocycles. The molecule has 8 heteroatoms. The highest BCUT2D eigenvalue weighted by Crippen LogP contribution is 2.35. The largest absolute Gasteiger partial charge is 0.418 e. The van der Waals surface area contributed by atoms with Crippen molar-refractivity contribution in [1.82, 2.24) is 9.97 Å². The zero-order valence-electron chi connectivity index (χ0n) is 14.9. The highest BCUT2D eigenvalue weighted by atomic mass is 19.4. The predicted octanol–water partition coefficient (Wildman–Crippen LogP) is 5.05. The van der Waals surface area contributed by atoms with Gasteiger partial charge in [-0.1, -0.05) is 37.3 Å². The van der Waals surface area contributed by atoms with Crippen LogP contribution in [-0.4, -0.2) is 15.9 Å². The first-order valence-electron chi connectivity index (χ1n) is 8.53. The number of benzene rings is 2. The number of alkyl halides is 3. The Hall–Kier alpha value is -3.42. The summed E-state index contributed by atoms with van der Waals surface area (Å²) in [6, 6.07) is 12.5. The summed E-state index contributed by atoms with van der Waals surface area (Å²) < 4.78 is 39.2. The van der Waals surface area contributed by atoms with Crippen molar-refractivity contribution in [2.75, 3.05) is 10.6 Å².